The Morgan fingerprint density at radius 3 is 2.71 bits per heavy atom. The van der Waals surface area contributed by atoms with Crippen molar-refractivity contribution in [3.8, 4) is 17.2 Å². The Labute approximate surface area is 116 Å². The van der Waals surface area contributed by atoms with Crippen molar-refractivity contribution in [3.05, 3.63) is 24.3 Å². The molecule has 9 heteroatoms. The molecule has 21 heavy (non-hydrogen) atoms. The molecule has 0 radical (unpaired) electrons. The molecule has 2 rings (SSSR count). The minimum atomic E-state index is -5.03. The van der Waals surface area contributed by atoms with E-state index in [2.05, 4.69) is 10.2 Å². The van der Waals surface area contributed by atoms with Gasteiger partial charge in [0.15, 0.2) is 0 Å². The minimum absolute atomic E-state index is 0.0588. The number of amides is 1. The monoisotopic (exact) mass is 301 g/mol. The molecule has 0 saturated heterocycles. The summed E-state index contributed by atoms with van der Waals surface area (Å²) >= 11 is 0. The second-order valence-corrected chi connectivity index (χ2v) is 3.79. The van der Waals surface area contributed by atoms with Gasteiger partial charge in [0.25, 0.3) is 5.89 Å². The van der Waals surface area contributed by atoms with Crippen LogP contribution < -0.4 is 10.1 Å². The first-order valence-corrected chi connectivity index (χ1v) is 5.85. The van der Waals surface area contributed by atoms with E-state index in [9.17, 15) is 18.0 Å². The summed E-state index contributed by atoms with van der Waals surface area (Å²) in [5.74, 6) is -1.80. The van der Waals surface area contributed by atoms with E-state index >= 15 is 0 Å². The summed E-state index contributed by atoms with van der Waals surface area (Å²) in [6.07, 6.45) is -5.03. The molecular formula is C12H10F3N3O3. The van der Waals surface area contributed by atoms with Gasteiger partial charge in [0.2, 0.25) is 0 Å². The normalized spacial score (nSPS) is 11.2. The van der Waals surface area contributed by atoms with Crippen LogP contribution in [-0.2, 0) is 4.79 Å². The van der Waals surface area contributed by atoms with Crippen LogP contribution in [0.25, 0.3) is 11.5 Å². The second kappa shape index (κ2) is 5.81. The molecule has 0 spiro atoms. The Morgan fingerprint density at radius 1 is 1.33 bits per heavy atom. The number of carbonyl (C=O) groups excluding carboxylic acids is 1. The number of aromatic nitrogens is 2. The molecule has 0 bridgehead atoms. The summed E-state index contributed by atoms with van der Waals surface area (Å²) in [6, 6.07) is 6.01. The van der Waals surface area contributed by atoms with Crippen LogP contribution in [0.2, 0.25) is 0 Å². The van der Waals surface area contributed by atoms with E-state index in [1.165, 1.54) is 5.32 Å². The zero-order valence-electron chi connectivity index (χ0n) is 10.8. The molecule has 0 saturated carbocycles. The molecule has 0 aliphatic rings. The number of para-hydroxylation sites is 1. The molecule has 1 N–H and O–H groups in total. The maximum absolute atomic E-state index is 12.1. The maximum atomic E-state index is 12.1. The van der Waals surface area contributed by atoms with Crippen molar-refractivity contribution in [2.45, 2.75) is 13.1 Å². The van der Waals surface area contributed by atoms with E-state index < -0.39 is 18.1 Å². The van der Waals surface area contributed by atoms with Crippen LogP contribution in [0.5, 0.6) is 5.75 Å². The lowest BCUT2D eigenvalue weighted by Gasteiger charge is -2.06. The molecule has 6 nitrogen and oxygen atoms in total. The largest absolute Gasteiger partial charge is 0.493 e. The van der Waals surface area contributed by atoms with Gasteiger partial charge in [-0.2, -0.15) is 13.2 Å². The van der Waals surface area contributed by atoms with Crippen LogP contribution in [0.3, 0.4) is 0 Å². The highest BCUT2D eigenvalue weighted by molar-refractivity contribution is 5.93. The highest BCUT2D eigenvalue weighted by Gasteiger charge is 2.39. The molecular weight excluding hydrogens is 291 g/mol. The average Bonchev–Trinajstić information content (AvgIpc) is 2.87. The van der Waals surface area contributed by atoms with Crippen LogP contribution >= 0.6 is 0 Å². The summed E-state index contributed by atoms with van der Waals surface area (Å²) in [5.41, 5.74) is 0.416. The average molecular weight is 301 g/mol. The summed E-state index contributed by atoms with van der Waals surface area (Å²) in [7, 11) is 0. The number of nitrogens with zero attached hydrogens (tertiary/aromatic N) is 2. The van der Waals surface area contributed by atoms with E-state index in [4.69, 9.17) is 9.15 Å². The first kappa shape index (κ1) is 14.8. The van der Waals surface area contributed by atoms with Gasteiger partial charge in [-0.05, 0) is 19.1 Å². The van der Waals surface area contributed by atoms with Crippen molar-refractivity contribution in [2.75, 3.05) is 11.9 Å². The molecule has 0 atom stereocenters. The van der Waals surface area contributed by atoms with Crippen LogP contribution in [0.4, 0.5) is 19.2 Å². The quantitative estimate of drug-likeness (QED) is 0.939. The lowest BCUT2D eigenvalue weighted by atomic mass is 10.2. The van der Waals surface area contributed by atoms with Crippen molar-refractivity contribution >= 4 is 11.9 Å². The third-order valence-corrected chi connectivity index (χ3v) is 2.32. The van der Waals surface area contributed by atoms with Gasteiger partial charge in [-0.25, -0.2) is 0 Å². The predicted molar refractivity (Wildman–Crippen MR) is 65.6 cm³/mol. The molecule has 0 aliphatic carbocycles. The topological polar surface area (TPSA) is 77.3 Å². The Hall–Kier alpha value is -2.58. The summed E-state index contributed by atoms with van der Waals surface area (Å²) < 4.78 is 46.7. The number of rotatable bonds is 4. The molecule has 1 aromatic carbocycles. The molecule has 112 valence electrons. The molecule has 1 aromatic heterocycles. The van der Waals surface area contributed by atoms with Crippen molar-refractivity contribution in [3.63, 3.8) is 0 Å². The van der Waals surface area contributed by atoms with Gasteiger partial charge >= 0.3 is 18.1 Å². The van der Waals surface area contributed by atoms with Crippen molar-refractivity contribution in [1.82, 2.24) is 10.2 Å². The number of ether oxygens (including phenoxy) is 1. The van der Waals surface area contributed by atoms with Gasteiger partial charge < -0.3 is 9.15 Å². The molecule has 2 aromatic rings. The third-order valence-electron chi connectivity index (χ3n) is 2.32. The van der Waals surface area contributed by atoms with Gasteiger partial charge in [-0.3, -0.25) is 10.1 Å². The fourth-order valence-electron chi connectivity index (χ4n) is 1.48. The van der Waals surface area contributed by atoms with Gasteiger partial charge in [0, 0.05) is 0 Å². The number of benzene rings is 1. The fourth-order valence-corrected chi connectivity index (χ4v) is 1.48. The van der Waals surface area contributed by atoms with Gasteiger partial charge in [0.1, 0.15) is 5.75 Å². The fraction of sp³-hybridized carbons (Fsp3) is 0.250. The first-order chi connectivity index (χ1) is 9.91. The van der Waals surface area contributed by atoms with E-state index in [0.717, 1.165) is 0 Å². The van der Waals surface area contributed by atoms with Crippen LogP contribution in [0, 0.1) is 0 Å². The molecule has 0 aliphatic heterocycles. The third kappa shape index (κ3) is 3.50. The van der Waals surface area contributed by atoms with E-state index in [-0.39, 0.29) is 5.89 Å². The highest BCUT2D eigenvalue weighted by atomic mass is 19.4. The maximum Gasteiger partial charge on any atom is 0.471 e. The van der Waals surface area contributed by atoms with E-state index in [1.807, 2.05) is 0 Å². The van der Waals surface area contributed by atoms with Crippen LogP contribution in [-0.4, -0.2) is 28.9 Å². The molecule has 1 amide bonds. The Balaban J connectivity index is 2.23. The predicted octanol–water partition coefficient (Wildman–Crippen LogP) is 2.64. The Kier molecular flexibility index (Phi) is 4.10. The standard InChI is InChI=1S/C12H10F3N3O3/c1-2-20-8-6-4-3-5-7(8)9-17-18-11(21-9)16-10(19)12(13,14)15/h3-6H,2H2,1H3,(H,16,18,19). The van der Waals surface area contributed by atoms with E-state index in [0.29, 0.717) is 17.9 Å². The van der Waals surface area contributed by atoms with Gasteiger partial charge in [-0.15, -0.1) is 5.10 Å². The van der Waals surface area contributed by atoms with Crippen LogP contribution in [0.1, 0.15) is 6.92 Å². The van der Waals surface area contributed by atoms with Crippen molar-refractivity contribution < 1.29 is 27.1 Å². The smallest absolute Gasteiger partial charge is 0.471 e. The lowest BCUT2D eigenvalue weighted by molar-refractivity contribution is -0.167. The second-order valence-electron chi connectivity index (χ2n) is 3.79. The number of hydrogen-bond donors (Lipinski definition) is 1. The van der Waals surface area contributed by atoms with Crippen LogP contribution in [0.15, 0.2) is 28.7 Å². The molecule has 1 heterocycles. The summed E-state index contributed by atoms with van der Waals surface area (Å²) in [4.78, 5) is 10.8. The van der Waals surface area contributed by atoms with Crippen molar-refractivity contribution in [2.24, 2.45) is 0 Å². The van der Waals surface area contributed by atoms with E-state index in [1.54, 1.807) is 31.2 Å². The number of nitrogens with one attached hydrogen (secondary N) is 1. The molecule has 0 unspecified atom stereocenters. The number of alkyl halides is 3. The minimum Gasteiger partial charge on any atom is -0.493 e. The highest BCUT2D eigenvalue weighted by Crippen LogP contribution is 2.29. The molecule has 0 fully saturated rings. The summed E-state index contributed by atoms with van der Waals surface area (Å²) in [5, 5.41) is 8.41. The summed E-state index contributed by atoms with van der Waals surface area (Å²) in [6.45, 7) is 2.17. The zero-order valence-corrected chi connectivity index (χ0v) is 10.8. The number of carbonyl (C=O) groups is 1. The SMILES string of the molecule is CCOc1ccccc1-c1nnc(NC(=O)C(F)(F)F)o1. The Morgan fingerprint density at radius 2 is 2.05 bits per heavy atom. The zero-order chi connectivity index (χ0) is 15.5. The van der Waals surface area contributed by atoms with Crippen molar-refractivity contribution in [1.29, 1.82) is 0 Å². The lowest BCUT2D eigenvalue weighted by Crippen LogP contribution is -2.30. The number of halogens is 3. The Bertz CT molecular complexity index is 640. The first-order valence-electron chi connectivity index (χ1n) is 5.85. The number of anilines is 1. The van der Waals surface area contributed by atoms with Gasteiger partial charge in [-0.1, -0.05) is 17.2 Å². The number of hydrogen-bond acceptors (Lipinski definition) is 5. The van der Waals surface area contributed by atoms with Gasteiger partial charge in [0.05, 0.1) is 12.2 Å².